The van der Waals surface area contributed by atoms with Crippen LogP contribution in [-0.4, -0.2) is 64.8 Å². The molecule has 0 atom stereocenters. The molecule has 0 saturated carbocycles. The lowest BCUT2D eigenvalue weighted by atomic mass is 10.0. The second-order valence-corrected chi connectivity index (χ2v) is 7.15. The topological polar surface area (TPSA) is 89.5 Å². The van der Waals surface area contributed by atoms with E-state index in [1.165, 1.54) is 0 Å². The third kappa shape index (κ3) is 12.5. The Labute approximate surface area is 206 Å². The zero-order valence-corrected chi connectivity index (χ0v) is 19.8. The van der Waals surface area contributed by atoms with Gasteiger partial charge in [0.1, 0.15) is 24.7 Å². The van der Waals surface area contributed by atoms with Gasteiger partial charge in [-0.25, -0.2) is 9.59 Å². The maximum Gasteiger partial charge on any atom is 0.335 e. The summed E-state index contributed by atoms with van der Waals surface area (Å²) in [4.78, 5) is 22.1. The minimum atomic E-state index is -0.476. The predicted molar refractivity (Wildman–Crippen MR) is 131 cm³/mol. The van der Waals surface area contributed by atoms with E-state index in [4.69, 9.17) is 28.4 Å². The summed E-state index contributed by atoms with van der Waals surface area (Å²) in [7, 11) is 0. The molecule has 0 aliphatic rings. The fraction of sp³-hybridized carbons (Fsp3) is 0.333. The molecule has 0 heterocycles. The van der Waals surface area contributed by atoms with Crippen molar-refractivity contribution in [1.82, 2.24) is 0 Å². The summed E-state index contributed by atoms with van der Waals surface area (Å²) in [5.74, 6) is 0.329. The van der Waals surface area contributed by atoms with Gasteiger partial charge in [0.15, 0.2) is 0 Å². The van der Waals surface area contributed by atoms with Crippen LogP contribution < -0.4 is 9.47 Å². The monoisotopic (exact) mass is 484 g/mol. The summed E-state index contributed by atoms with van der Waals surface area (Å²) in [6, 6.07) is 15.3. The summed E-state index contributed by atoms with van der Waals surface area (Å²) in [6.07, 6.45) is 3.00. The lowest BCUT2D eigenvalue weighted by Crippen LogP contribution is -2.14. The molecule has 0 aliphatic carbocycles. The van der Waals surface area contributed by atoms with Crippen molar-refractivity contribution in [3.8, 4) is 11.5 Å². The van der Waals surface area contributed by atoms with Gasteiger partial charge in [-0.15, -0.1) is 0 Å². The van der Waals surface area contributed by atoms with E-state index in [0.29, 0.717) is 52.0 Å². The van der Waals surface area contributed by atoms with Crippen molar-refractivity contribution in [3.05, 3.63) is 85.0 Å². The maximum absolute atomic E-state index is 11.2. The summed E-state index contributed by atoms with van der Waals surface area (Å²) in [5.41, 5.74) is 2.25. The first-order chi connectivity index (χ1) is 17.1. The van der Waals surface area contributed by atoms with Crippen LogP contribution in [0.15, 0.2) is 73.8 Å². The van der Waals surface area contributed by atoms with Gasteiger partial charge < -0.3 is 28.4 Å². The minimum absolute atomic E-state index is 0.196. The number of rotatable bonds is 18. The molecule has 0 aliphatic heterocycles. The largest absolute Gasteiger partial charge is 0.491 e. The van der Waals surface area contributed by atoms with Crippen LogP contribution in [0.25, 0.3) is 0 Å². The molecule has 8 heteroatoms. The summed E-state index contributed by atoms with van der Waals surface area (Å²) in [6.45, 7) is 9.88. The molecule has 0 radical (unpaired) electrons. The highest BCUT2D eigenvalue weighted by Crippen LogP contribution is 2.18. The van der Waals surface area contributed by atoms with Crippen LogP contribution in [0.2, 0.25) is 0 Å². The standard InChI is InChI=1S/C27H32O8/c1-3-26(28)34-20-18-32-16-14-30-13-15-31-17-19-33-24-9-5-22(6-10-24)21-23-7-11-25(12-8-23)35-27(29)4-2/h3-12H,1-2,13-21H2. The van der Waals surface area contributed by atoms with Crippen LogP contribution in [0.4, 0.5) is 0 Å². The SMILES string of the molecule is C=CC(=O)OCCOCCOCCOCCOc1ccc(Cc2ccc(OC(=O)C=C)cc2)cc1. The predicted octanol–water partition coefficient (Wildman–Crippen LogP) is 3.53. The van der Waals surface area contributed by atoms with Crippen LogP contribution in [0.5, 0.6) is 11.5 Å². The van der Waals surface area contributed by atoms with Crippen LogP contribution >= 0.6 is 0 Å². The van der Waals surface area contributed by atoms with Crippen molar-refractivity contribution in [2.24, 2.45) is 0 Å². The Morgan fingerprint density at radius 2 is 1.06 bits per heavy atom. The zero-order valence-electron chi connectivity index (χ0n) is 19.8. The lowest BCUT2D eigenvalue weighted by Gasteiger charge is -2.09. The zero-order chi connectivity index (χ0) is 25.1. The minimum Gasteiger partial charge on any atom is -0.491 e. The van der Waals surface area contributed by atoms with Crippen LogP contribution in [0.3, 0.4) is 0 Å². The molecule has 2 aromatic carbocycles. The Bertz CT molecular complexity index is 906. The van der Waals surface area contributed by atoms with E-state index in [9.17, 15) is 9.59 Å². The Hall–Kier alpha value is -3.46. The second kappa shape index (κ2) is 17.0. The van der Waals surface area contributed by atoms with E-state index in [2.05, 4.69) is 13.2 Å². The molecule has 2 aromatic rings. The van der Waals surface area contributed by atoms with Crippen molar-refractivity contribution < 1.29 is 38.0 Å². The first-order valence-corrected chi connectivity index (χ1v) is 11.3. The highest BCUT2D eigenvalue weighted by Gasteiger charge is 2.02. The second-order valence-electron chi connectivity index (χ2n) is 7.15. The number of ether oxygens (including phenoxy) is 6. The third-order valence-electron chi connectivity index (χ3n) is 4.52. The van der Waals surface area contributed by atoms with Gasteiger partial charge in [-0.05, 0) is 41.8 Å². The molecule has 0 saturated heterocycles. The van der Waals surface area contributed by atoms with Gasteiger partial charge in [0.2, 0.25) is 0 Å². The number of esters is 2. The number of hydrogen-bond donors (Lipinski definition) is 0. The van der Waals surface area contributed by atoms with Gasteiger partial charge >= 0.3 is 11.9 Å². The Morgan fingerprint density at radius 3 is 1.57 bits per heavy atom. The van der Waals surface area contributed by atoms with Gasteiger partial charge in [0.05, 0.1) is 39.6 Å². The fourth-order valence-electron chi connectivity index (χ4n) is 2.79. The van der Waals surface area contributed by atoms with Crippen molar-refractivity contribution in [3.63, 3.8) is 0 Å². The van der Waals surface area contributed by atoms with Crippen molar-refractivity contribution in [1.29, 1.82) is 0 Å². The molecule has 0 bridgehead atoms. The van der Waals surface area contributed by atoms with Crippen molar-refractivity contribution in [2.45, 2.75) is 6.42 Å². The van der Waals surface area contributed by atoms with Gasteiger partial charge in [-0.2, -0.15) is 0 Å². The number of hydrogen-bond acceptors (Lipinski definition) is 8. The van der Waals surface area contributed by atoms with E-state index in [1.807, 2.05) is 36.4 Å². The lowest BCUT2D eigenvalue weighted by molar-refractivity contribution is -0.139. The van der Waals surface area contributed by atoms with E-state index < -0.39 is 11.9 Å². The van der Waals surface area contributed by atoms with Crippen LogP contribution in [0.1, 0.15) is 11.1 Å². The molecule has 0 amide bonds. The van der Waals surface area contributed by atoms with Crippen molar-refractivity contribution in [2.75, 3.05) is 52.9 Å². The molecule has 0 N–H and O–H groups in total. The molecule has 188 valence electrons. The molecule has 2 rings (SSSR count). The quantitative estimate of drug-likeness (QED) is 0.137. The van der Waals surface area contributed by atoms with Gasteiger partial charge in [-0.1, -0.05) is 37.4 Å². The number of carbonyl (C=O) groups excluding carboxylic acids is 2. The average molecular weight is 485 g/mol. The smallest absolute Gasteiger partial charge is 0.335 e. The number of carbonyl (C=O) groups is 2. The first-order valence-electron chi connectivity index (χ1n) is 11.3. The Kier molecular flexibility index (Phi) is 13.5. The van der Waals surface area contributed by atoms with E-state index in [1.54, 1.807) is 12.1 Å². The van der Waals surface area contributed by atoms with Gasteiger partial charge in [0, 0.05) is 12.2 Å². The van der Waals surface area contributed by atoms with E-state index >= 15 is 0 Å². The summed E-state index contributed by atoms with van der Waals surface area (Å²) in [5, 5.41) is 0. The highest BCUT2D eigenvalue weighted by molar-refractivity contribution is 5.83. The van der Waals surface area contributed by atoms with Gasteiger partial charge in [-0.3, -0.25) is 0 Å². The molecule has 0 unspecified atom stereocenters. The molecule has 0 aromatic heterocycles. The third-order valence-corrected chi connectivity index (χ3v) is 4.52. The molecule has 8 nitrogen and oxygen atoms in total. The van der Waals surface area contributed by atoms with Crippen LogP contribution in [0, 0.1) is 0 Å². The van der Waals surface area contributed by atoms with Gasteiger partial charge in [0.25, 0.3) is 0 Å². The first kappa shape index (κ1) is 27.8. The van der Waals surface area contributed by atoms with E-state index in [0.717, 1.165) is 35.4 Å². The average Bonchev–Trinajstić information content (AvgIpc) is 2.88. The summed E-state index contributed by atoms with van der Waals surface area (Å²) < 4.78 is 31.7. The maximum atomic E-state index is 11.2. The fourth-order valence-corrected chi connectivity index (χ4v) is 2.79. The molecule has 0 spiro atoms. The molecular weight excluding hydrogens is 452 g/mol. The highest BCUT2D eigenvalue weighted by atomic mass is 16.6. The van der Waals surface area contributed by atoms with Crippen molar-refractivity contribution >= 4 is 11.9 Å². The Balaban J connectivity index is 1.49. The normalized spacial score (nSPS) is 10.4. The van der Waals surface area contributed by atoms with Crippen LogP contribution in [-0.2, 0) is 35.0 Å². The molecule has 0 fully saturated rings. The summed E-state index contributed by atoms with van der Waals surface area (Å²) >= 11 is 0. The molecule has 35 heavy (non-hydrogen) atoms. The van der Waals surface area contributed by atoms with E-state index in [-0.39, 0.29) is 6.61 Å². The number of benzene rings is 2. The molecular formula is C27H32O8. The Morgan fingerprint density at radius 1 is 0.600 bits per heavy atom.